The molecular formula is C12H16F3N3O. The summed E-state index contributed by atoms with van der Waals surface area (Å²) in [4.78, 5) is 15.2. The van der Waals surface area contributed by atoms with Crippen LogP contribution in [0.3, 0.4) is 0 Å². The Kier molecular flexibility index (Phi) is 4.52. The van der Waals surface area contributed by atoms with E-state index in [0.717, 1.165) is 12.1 Å². The first-order chi connectivity index (χ1) is 8.65. The number of nitrogens with one attached hydrogen (secondary N) is 1. The molecule has 1 aromatic heterocycles. The highest BCUT2D eigenvalue weighted by Gasteiger charge is 2.31. The lowest BCUT2D eigenvalue weighted by Crippen LogP contribution is -2.38. The molecule has 0 spiro atoms. The number of carbonyl (C=O) groups excluding carboxylic acids is 1. The Morgan fingerprint density at radius 2 is 2.00 bits per heavy atom. The van der Waals surface area contributed by atoms with Crippen molar-refractivity contribution in [3.8, 4) is 0 Å². The highest BCUT2D eigenvalue weighted by molar-refractivity contribution is 5.92. The van der Waals surface area contributed by atoms with Crippen molar-refractivity contribution < 1.29 is 18.0 Å². The molecule has 0 aliphatic rings. The summed E-state index contributed by atoms with van der Waals surface area (Å²) < 4.78 is 36.9. The Bertz CT molecular complexity index is 441. The summed E-state index contributed by atoms with van der Waals surface area (Å²) in [5.74, 6) is -0.518. The third-order valence-corrected chi connectivity index (χ3v) is 2.60. The third kappa shape index (κ3) is 4.51. The number of hydrogen-bond acceptors (Lipinski definition) is 3. The second kappa shape index (κ2) is 5.56. The number of rotatable bonds is 4. The molecule has 0 atom stereocenters. The maximum atomic E-state index is 12.3. The minimum Gasteiger partial charge on any atom is -0.350 e. The van der Waals surface area contributed by atoms with Crippen molar-refractivity contribution in [3.63, 3.8) is 0 Å². The van der Waals surface area contributed by atoms with Gasteiger partial charge in [0, 0.05) is 12.7 Å². The van der Waals surface area contributed by atoms with Gasteiger partial charge >= 0.3 is 6.18 Å². The van der Waals surface area contributed by atoms with Gasteiger partial charge in [-0.1, -0.05) is 13.8 Å². The van der Waals surface area contributed by atoms with Crippen LogP contribution in [0.4, 0.5) is 13.2 Å². The van der Waals surface area contributed by atoms with Crippen LogP contribution < -0.4 is 11.1 Å². The van der Waals surface area contributed by atoms with Crippen molar-refractivity contribution in [1.29, 1.82) is 0 Å². The van der Waals surface area contributed by atoms with Gasteiger partial charge in [0.15, 0.2) is 0 Å². The molecule has 7 heteroatoms. The number of nitrogens with two attached hydrogens (primary N) is 1. The molecule has 1 rings (SSSR count). The van der Waals surface area contributed by atoms with Crippen LogP contribution in [0.1, 0.15) is 29.9 Å². The zero-order valence-corrected chi connectivity index (χ0v) is 10.7. The average molecular weight is 275 g/mol. The van der Waals surface area contributed by atoms with E-state index in [1.54, 1.807) is 0 Å². The molecule has 0 bridgehead atoms. The Balaban J connectivity index is 2.69. The zero-order valence-electron chi connectivity index (χ0n) is 10.7. The van der Waals surface area contributed by atoms with Gasteiger partial charge in [-0.2, -0.15) is 13.2 Å². The topological polar surface area (TPSA) is 68.0 Å². The monoisotopic (exact) mass is 275 g/mol. The second-order valence-corrected chi connectivity index (χ2v) is 4.98. The number of nitrogens with zero attached hydrogens (tertiary/aromatic N) is 1. The molecule has 0 unspecified atom stereocenters. The van der Waals surface area contributed by atoms with Gasteiger partial charge in [0.2, 0.25) is 0 Å². The minimum atomic E-state index is -4.45. The van der Waals surface area contributed by atoms with E-state index in [1.165, 1.54) is 0 Å². The zero-order chi connectivity index (χ0) is 14.7. The fourth-order valence-electron chi connectivity index (χ4n) is 1.18. The maximum absolute atomic E-state index is 12.3. The fourth-order valence-corrected chi connectivity index (χ4v) is 1.18. The molecule has 1 amide bonds. The summed E-state index contributed by atoms with van der Waals surface area (Å²) in [6.07, 6.45) is -3.81. The van der Waals surface area contributed by atoms with Gasteiger partial charge < -0.3 is 11.1 Å². The number of carbonyl (C=O) groups is 1. The van der Waals surface area contributed by atoms with Crippen LogP contribution in [0, 0.1) is 5.41 Å². The first-order valence-electron chi connectivity index (χ1n) is 5.67. The van der Waals surface area contributed by atoms with Crippen LogP contribution >= 0.6 is 0 Å². The Morgan fingerprint density at radius 3 is 2.42 bits per heavy atom. The summed E-state index contributed by atoms with van der Waals surface area (Å²) >= 11 is 0. The summed E-state index contributed by atoms with van der Waals surface area (Å²) in [5, 5.41) is 2.59. The SMILES string of the molecule is CC(C)(CN)CNC(=O)c1ccc(C(F)(F)F)cn1. The summed E-state index contributed by atoms with van der Waals surface area (Å²) in [6.45, 7) is 4.44. The van der Waals surface area contributed by atoms with Crippen molar-refractivity contribution in [2.75, 3.05) is 13.1 Å². The molecule has 1 heterocycles. The summed E-state index contributed by atoms with van der Waals surface area (Å²) in [5.41, 5.74) is 4.29. The lowest BCUT2D eigenvalue weighted by Gasteiger charge is -2.22. The molecule has 106 valence electrons. The van der Waals surface area contributed by atoms with Crippen molar-refractivity contribution in [1.82, 2.24) is 10.3 Å². The Morgan fingerprint density at radius 1 is 1.37 bits per heavy atom. The van der Waals surface area contributed by atoms with E-state index in [1.807, 2.05) is 13.8 Å². The van der Waals surface area contributed by atoms with Crippen LogP contribution in [-0.4, -0.2) is 24.0 Å². The van der Waals surface area contributed by atoms with E-state index < -0.39 is 17.6 Å². The van der Waals surface area contributed by atoms with Crippen molar-refractivity contribution in [2.24, 2.45) is 11.1 Å². The Hall–Kier alpha value is -1.63. The number of amides is 1. The van der Waals surface area contributed by atoms with Gasteiger partial charge in [-0.15, -0.1) is 0 Å². The fraction of sp³-hybridized carbons (Fsp3) is 0.500. The van der Waals surface area contributed by atoms with Crippen LogP contribution in [0.15, 0.2) is 18.3 Å². The third-order valence-electron chi connectivity index (χ3n) is 2.60. The van der Waals surface area contributed by atoms with Crippen molar-refractivity contribution in [2.45, 2.75) is 20.0 Å². The van der Waals surface area contributed by atoms with E-state index >= 15 is 0 Å². The van der Waals surface area contributed by atoms with Gasteiger partial charge in [0.05, 0.1) is 5.56 Å². The van der Waals surface area contributed by atoms with Crippen molar-refractivity contribution >= 4 is 5.91 Å². The van der Waals surface area contributed by atoms with E-state index in [0.29, 0.717) is 19.3 Å². The van der Waals surface area contributed by atoms with Crippen LogP contribution in [0.5, 0.6) is 0 Å². The van der Waals surface area contributed by atoms with Crippen LogP contribution in [-0.2, 0) is 6.18 Å². The van der Waals surface area contributed by atoms with Gasteiger partial charge in [-0.05, 0) is 24.1 Å². The highest BCUT2D eigenvalue weighted by atomic mass is 19.4. The predicted octanol–water partition coefficient (Wildman–Crippen LogP) is 1.82. The molecular weight excluding hydrogens is 259 g/mol. The molecule has 0 saturated heterocycles. The van der Waals surface area contributed by atoms with Gasteiger partial charge in [0.1, 0.15) is 5.69 Å². The molecule has 0 aliphatic carbocycles. The normalized spacial score (nSPS) is 12.3. The number of hydrogen-bond donors (Lipinski definition) is 2. The molecule has 4 nitrogen and oxygen atoms in total. The number of alkyl halides is 3. The highest BCUT2D eigenvalue weighted by Crippen LogP contribution is 2.28. The number of pyridine rings is 1. The Labute approximate surface area is 109 Å². The molecule has 0 fully saturated rings. The van der Waals surface area contributed by atoms with E-state index in [2.05, 4.69) is 10.3 Å². The molecule has 0 aliphatic heterocycles. The minimum absolute atomic E-state index is 0.0548. The summed E-state index contributed by atoms with van der Waals surface area (Å²) in [6, 6.07) is 1.88. The lowest BCUT2D eigenvalue weighted by molar-refractivity contribution is -0.137. The summed E-state index contributed by atoms with van der Waals surface area (Å²) in [7, 11) is 0. The quantitative estimate of drug-likeness (QED) is 0.880. The van der Waals surface area contributed by atoms with Crippen molar-refractivity contribution in [3.05, 3.63) is 29.6 Å². The molecule has 0 radical (unpaired) electrons. The van der Waals surface area contributed by atoms with E-state index in [9.17, 15) is 18.0 Å². The van der Waals surface area contributed by atoms with E-state index in [-0.39, 0.29) is 11.1 Å². The molecule has 0 aromatic carbocycles. The largest absolute Gasteiger partial charge is 0.417 e. The molecule has 19 heavy (non-hydrogen) atoms. The standard InChI is InChI=1S/C12H16F3N3O/c1-11(2,6-16)7-18-10(19)9-4-3-8(5-17-9)12(13,14)15/h3-5H,6-7,16H2,1-2H3,(H,18,19). The van der Waals surface area contributed by atoms with E-state index in [4.69, 9.17) is 5.73 Å². The number of aromatic nitrogens is 1. The molecule has 3 N–H and O–H groups in total. The smallest absolute Gasteiger partial charge is 0.350 e. The maximum Gasteiger partial charge on any atom is 0.417 e. The molecule has 0 saturated carbocycles. The number of halogens is 3. The van der Waals surface area contributed by atoms with Gasteiger partial charge in [0.25, 0.3) is 5.91 Å². The predicted molar refractivity (Wildman–Crippen MR) is 64.4 cm³/mol. The van der Waals surface area contributed by atoms with Crippen LogP contribution in [0.2, 0.25) is 0 Å². The second-order valence-electron chi connectivity index (χ2n) is 4.98. The first-order valence-corrected chi connectivity index (χ1v) is 5.67. The lowest BCUT2D eigenvalue weighted by atomic mass is 9.94. The molecule has 1 aromatic rings. The van der Waals surface area contributed by atoms with Gasteiger partial charge in [-0.3, -0.25) is 9.78 Å². The first kappa shape index (κ1) is 15.4. The van der Waals surface area contributed by atoms with Gasteiger partial charge in [-0.25, -0.2) is 0 Å². The van der Waals surface area contributed by atoms with Crippen LogP contribution in [0.25, 0.3) is 0 Å². The average Bonchev–Trinajstić information content (AvgIpc) is 2.35.